The van der Waals surface area contributed by atoms with Crippen molar-refractivity contribution in [3.8, 4) is 0 Å². The summed E-state index contributed by atoms with van der Waals surface area (Å²) in [6.07, 6.45) is 0.856. The molecule has 0 heterocycles. The minimum absolute atomic E-state index is 0. The predicted molar refractivity (Wildman–Crippen MR) is 79.1 cm³/mol. The molecular weight excluding hydrogens is 312 g/mol. The molecule has 11 nitrogen and oxygen atoms in total. The van der Waals surface area contributed by atoms with Crippen molar-refractivity contribution in [3.63, 3.8) is 0 Å². The Labute approximate surface area is 124 Å². The quantitative estimate of drug-likeness (QED) is 0.380. The standard InChI is InChI=1S/C8H16N2O.CH4O4S.4H2O/c1-5-7(10(3)4)6(2)8(9)11;1-5-6(2,3)4;;;;/h7H,2,5H2,1,3-4H3,(H2,9,11);1H3,(H,2,3,4);4*1H2. The molecule has 0 bridgehead atoms. The van der Waals surface area contributed by atoms with Crippen LogP contribution in [0.25, 0.3) is 0 Å². The minimum Gasteiger partial charge on any atom is -0.412 e. The van der Waals surface area contributed by atoms with Gasteiger partial charge in [-0.2, -0.15) is 8.42 Å². The van der Waals surface area contributed by atoms with Crippen LogP contribution in [0.2, 0.25) is 0 Å². The molecule has 0 aromatic carbocycles. The molecular formula is C9H28N2O9S. The summed E-state index contributed by atoms with van der Waals surface area (Å²) in [5, 5.41) is 0. The fraction of sp³-hybridized carbons (Fsp3) is 0.667. The lowest BCUT2D eigenvalue weighted by atomic mass is 10.1. The largest absolute Gasteiger partial charge is 0.412 e. The second-order valence-electron chi connectivity index (χ2n) is 3.37. The van der Waals surface area contributed by atoms with Crippen LogP contribution in [-0.4, -0.2) is 72.9 Å². The Morgan fingerprint density at radius 1 is 1.29 bits per heavy atom. The molecule has 0 fully saturated rings. The third-order valence-corrected chi connectivity index (χ3v) is 2.36. The number of nitrogens with zero attached hydrogens (tertiary/aromatic N) is 1. The zero-order valence-electron chi connectivity index (χ0n) is 12.5. The highest BCUT2D eigenvalue weighted by molar-refractivity contribution is 7.80. The molecule has 134 valence electrons. The summed E-state index contributed by atoms with van der Waals surface area (Å²) in [6.45, 7) is 5.63. The molecule has 11 N–H and O–H groups in total. The molecule has 0 aliphatic carbocycles. The van der Waals surface area contributed by atoms with Crippen LogP contribution in [0.15, 0.2) is 12.2 Å². The van der Waals surface area contributed by atoms with Crippen LogP contribution in [0.1, 0.15) is 13.3 Å². The number of hydrogen-bond donors (Lipinski definition) is 2. The van der Waals surface area contributed by atoms with Crippen LogP contribution in [0.3, 0.4) is 0 Å². The van der Waals surface area contributed by atoms with Crippen LogP contribution in [0, 0.1) is 0 Å². The van der Waals surface area contributed by atoms with E-state index in [2.05, 4.69) is 10.8 Å². The Kier molecular flexibility index (Phi) is 29.7. The zero-order valence-corrected chi connectivity index (χ0v) is 13.3. The molecule has 0 saturated heterocycles. The van der Waals surface area contributed by atoms with Crippen molar-refractivity contribution in [1.29, 1.82) is 0 Å². The molecule has 0 aliphatic heterocycles. The summed E-state index contributed by atoms with van der Waals surface area (Å²) in [6, 6.07) is 0.0764. The zero-order chi connectivity index (χ0) is 14.2. The van der Waals surface area contributed by atoms with Gasteiger partial charge in [0.25, 0.3) is 0 Å². The summed E-state index contributed by atoms with van der Waals surface area (Å²) < 4.78 is 29.7. The molecule has 21 heavy (non-hydrogen) atoms. The van der Waals surface area contributed by atoms with Crippen molar-refractivity contribution in [2.45, 2.75) is 19.4 Å². The van der Waals surface area contributed by atoms with E-state index in [1.54, 1.807) is 0 Å². The monoisotopic (exact) mass is 340 g/mol. The van der Waals surface area contributed by atoms with Gasteiger partial charge in [-0.1, -0.05) is 13.5 Å². The number of amides is 1. The summed E-state index contributed by atoms with van der Waals surface area (Å²) in [4.78, 5) is 12.6. The number of likely N-dealkylation sites (N-methyl/N-ethyl adjacent to an activating group) is 1. The van der Waals surface area contributed by atoms with Gasteiger partial charge in [0.15, 0.2) is 0 Å². The molecule has 1 amide bonds. The van der Waals surface area contributed by atoms with Crippen LogP contribution < -0.4 is 5.73 Å². The minimum atomic E-state index is -4.16. The Bertz CT molecular complexity index is 356. The fourth-order valence-corrected chi connectivity index (χ4v) is 1.09. The summed E-state index contributed by atoms with van der Waals surface area (Å²) >= 11 is 0. The lowest BCUT2D eigenvalue weighted by Crippen LogP contribution is -2.34. The molecule has 0 aliphatic rings. The van der Waals surface area contributed by atoms with Crippen molar-refractivity contribution in [2.75, 3.05) is 21.2 Å². The predicted octanol–water partition coefficient (Wildman–Crippen LogP) is -3.50. The van der Waals surface area contributed by atoms with E-state index < -0.39 is 16.3 Å². The Balaban J connectivity index is -0.0000000500. The first-order valence-electron chi connectivity index (χ1n) is 4.74. The van der Waals surface area contributed by atoms with E-state index >= 15 is 0 Å². The van der Waals surface area contributed by atoms with Crippen LogP contribution >= 0.6 is 0 Å². The van der Waals surface area contributed by atoms with Gasteiger partial charge in [0, 0.05) is 11.6 Å². The van der Waals surface area contributed by atoms with Gasteiger partial charge in [-0.05, 0) is 20.5 Å². The molecule has 0 rings (SSSR count). The number of nitrogens with two attached hydrogens (primary N) is 1. The van der Waals surface area contributed by atoms with Crippen molar-refractivity contribution < 1.29 is 43.9 Å². The second-order valence-corrected chi connectivity index (χ2v) is 4.56. The van der Waals surface area contributed by atoms with Crippen molar-refractivity contribution >= 4 is 16.3 Å². The number of rotatable bonds is 5. The highest BCUT2D eigenvalue weighted by Gasteiger charge is 2.16. The highest BCUT2D eigenvalue weighted by atomic mass is 32.3. The maximum absolute atomic E-state index is 10.7. The van der Waals surface area contributed by atoms with E-state index in [1.165, 1.54) is 0 Å². The van der Waals surface area contributed by atoms with Gasteiger partial charge in [0.2, 0.25) is 5.91 Å². The third kappa shape index (κ3) is 21.3. The van der Waals surface area contributed by atoms with Crippen molar-refractivity contribution in [3.05, 3.63) is 12.2 Å². The van der Waals surface area contributed by atoms with Gasteiger partial charge >= 0.3 is 10.4 Å². The lowest BCUT2D eigenvalue weighted by Gasteiger charge is -2.22. The third-order valence-electron chi connectivity index (χ3n) is 1.94. The Hall–Kier alpha value is -1.12. The van der Waals surface area contributed by atoms with Crippen molar-refractivity contribution in [1.82, 2.24) is 4.90 Å². The first-order chi connectivity index (χ1) is 7.56. The number of carbonyl (C=O) groups is 1. The van der Waals surface area contributed by atoms with E-state index in [4.69, 9.17) is 10.3 Å². The van der Waals surface area contributed by atoms with Gasteiger partial charge in [0.1, 0.15) is 0 Å². The molecule has 1 unspecified atom stereocenters. The molecule has 0 aromatic heterocycles. The molecule has 0 saturated carbocycles. The average Bonchev–Trinajstić information content (AvgIpc) is 2.17. The Morgan fingerprint density at radius 3 is 1.62 bits per heavy atom. The number of carbonyl (C=O) groups excluding carboxylic acids is 1. The maximum Gasteiger partial charge on any atom is 0.397 e. The molecule has 1 atom stereocenters. The normalized spacial score (nSPS) is 10.2. The lowest BCUT2D eigenvalue weighted by molar-refractivity contribution is -0.115. The summed E-state index contributed by atoms with van der Waals surface area (Å²) in [5.41, 5.74) is 5.57. The van der Waals surface area contributed by atoms with E-state index in [0.717, 1.165) is 13.5 Å². The smallest absolute Gasteiger partial charge is 0.397 e. The SMILES string of the molecule is C=C(C(N)=O)C(CC)N(C)C.COS(=O)(=O)O.O.O.O.O. The topological polar surface area (TPSA) is 236 Å². The van der Waals surface area contributed by atoms with E-state index in [9.17, 15) is 13.2 Å². The van der Waals surface area contributed by atoms with Gasteiger partial charge in [-0.25, -0.2) is 0 Å². The van der Waals surface area contributed by atoms with Gasteiger partial charge in [0.05, 0.1) is 7.11 Å². The van der Waals surface area contributed by atoms with Crippen LogP contribution in [-0.2, 0) is 19.4 Å². The van der Waals surface area contributed by atoms with Gasteiger partial charge < -0.3 is 32.5 Å². The number of hydrogen-bond acceptors (Lipinski definition) is 5. The van der Waals surface area contributed by atoms with Crippen LogP contribution in [0.4, 0.5) is 0 Å². The van der Waals surface area contributed by atoms with Crippen molar-refractivity contribution in [2.24, 2.45) is 5.73 Å². The van der Waals surface area contributed by atoms with E-state index in [-0.39, 0.29) is 27.9 Å². The number of primary amides is 1. The first-order valence-corrected chi connectivity index (χ1v) is 6.11. The average molecular weight is 340 g/mol. The Morgan fingerprint density at radius 2 is 1.57 bits per heavy atom. The molecule has 0 radical (unpaired) electrons. The summed E-state index contributed by atoms with van der Waals surface area (Å²) in [7, 11) is 0.518. The molecule has 0 spiro atoms. The second kappa shape index (κ2) is 16.9. The highest BCUT2D eigenvalue weighted by Crippen LogP contribution is 2.08. The van der Waals surface area contributed by atoms with Crippen LogP contribution in [0.5, 0.6) is 0 Å². The van der Waals surface area contributed by atoms with E-state index in [0.29, 0.717) is 5.57 Å². The molecule has 0 aromatic rings. The van der Waals surface area contributed by atoms with E-state index in [1.807, 2.05) is 25.9 Å². The van der Waals surface area contributed by atoms with Gasteiger partial charge in [-0.15, -0.1) is 0 Å². The summed E-state index contributed by atoms with van der Waals surface area (Å²) in [5.74, 6) is -0.412. The van der Waals surface area contributed by atoms with Gasteiger partial charge in [-0.3, -0.25) is 13.5 Å². The fourth-order valence-electron chi connectivity index (χ4n) is 1.09. The first kappa shape index (κ1) is 36.8. The maximum atomic E-state index is 10.7. The molecule has 12 heteroatoms.